The Morgan fingerprint density at radius 2 is 1.75 bits per heavy atom. The third-order valence-electron chi connectivity index (χ3n) is 4.71. The van der Waals surface area contributed by atoms with Crippen LogP contribution < -0.4 is 4.74 Å². The minimum Gasteiger partial charge on any atom is -0.403 e. The molecule has 1 aliphatic carbocycles. The Bertz CT molecular complexity index is 914. The fourth-order valence-electron chi connectivity index (χ4n) is 3.37. The number of hydrogen-bond acceptors (Lipinski definition) is 1. The Balaban J connectivity index is 1.98. The number of unbranched alkanes of at least 4 members (excludes halogenated alkanes) is 1. The van der Waals surface area contributed by atoms with Gasteiger partial charge < -0.3 is 4.74 Å². The summed E-state index contributed by atoms with van der Waals surface area (Å²) in [5.74, 6) is -4.12. The lowest BCUT2D eigenvalue weighted by atomic mass is 9.87. The fourth-order valence-corrected chi connectivity index (χ4v) is 3.37. The fraction of sp³-hybridized carbons (Fsp3) is 0.333. The first-order valence-electron chi connectivity index (χ1n) is 8.95. The molecule has 0 heterocycles. The van der Waals surface area contributed by atoms with Gasteiger partial charge in [0.1, 0.15) is 11.6 Å². The summed E-state index contributed by atoms with van der Waals surface area (Å²) >= 11 is 0. The van der Waals surface area contributed by atoms with Gasteiger partial charge in [-0.25, -0.2) is 13.2 Å². The number of allylic oxidation sites excluding steroid dienone is 1. The number of benzene rings is 2. The zero-order valence-electron chi connectivity index (χ0n) is 15.1. The standard InChI is InChI=1S/C21H18F6O/c1-2-3-4-12-5-7-15-14(9-12)11-17(23)19(20(15)24)13-6-8-18(16(22)10-13)28-21(25,26)27/h6,8-11H,2-5,7H2,1H3. The Morgan fingerprint density at radius 1 is 1.00 bits per heavy atom. The average Bonchev–Trinajstić information content (AvgIpc) is 2.61. The lowest BCUT2D eigenvalue weighted by molar-refractivity contribution is -0.275. The van der Waals surface area contributed by atoms with Crippen molar-refractivity contribution in [1.29, 1.82) is 0 Å². The first-order chi connectivity index (χ1) is 13.2. The molecule has 150 valence electrons. The molecule has 28 heavy (non-hydrogen) atoms. The molecule has 0 aromatic heterocycles. The third-order valence-corrected chi connectivity index (χ3v) is 4.71. The monoisotopic (exact) mass is 400 g/mol. The Morgan fingerprint density at radius 3 is 2.39 bits per heavy atom. The van der Waals surface area contributed by atoms with Crippen LogP contribution in [0.15, 0.2) is 29.8 Å². The van der Waals surface area contributed by atoms with Gasteiger partial charge in [0.25, 0.3) is 0 Å². The first-order valence-corrected chi connectivity index (χ1v) is 8.95. The predicted molar refractivity (Wildman–Crippen MR) is 94.3 cm³/mol. The second-order valence-corrected chi connectivity index (χ2v) is 6.71. The van der Waals surface area contributed by atoms with Gasteiger partial charge in [-0.15, -0.1) is 13.2 Å². The lowest BCUT2D eigenvalue weighted by Crippen LogP contribution is -2.18. The molecule has 2 aromatic rings. The molecule has 0 aliphatic heterocycles. The van der Waals surface area contributed by atoms with E-state index < -0.39 is 35.1 Å². The van der Waals surface area contributed by atoms with Crippen molar-refractivity contribution in [2.24, 2.45) is 0 Å². The summed E-state index contributed by atoms with van der Waals surface area (Å²) in [6.45, 7) is 2.06. The highest BCUT2D eigenvalue weighted by Crippen LogP contribution is 2.37. The maximum atomic E-state index is 15.0. The van der Waals surface area contributed by atoms with Crippen LogP contribution in [0.4, 0.5) is 26.3 Å². The minimum atomic E-state index is -5.06. The van der Waals surface area contributed by atoms with Crippen LogP contribution in [0, 0.1) is 17.5 Å². The summed E-state index contributed by atoms with van der Waals surface area (Å²) in [6.07, 6.45) is 0.648. The van der Waals surface area contributed by atoms with E-state index in [2.05, 4.69) is 11.7 Å². The third kappa shape index (κ3) is 4.34. The van der Waals surface area contributed by atoms with Gasteiger partial charge in [-0.3, -0.25) is 0 Å². The van der Waals surface area contributed by atoms with E-state index in [-0.39, 0.29) is 5.56 Å². The van der Waals surface area contributed by atoms with Crippen molar-refractivity contribution in [1.82, 2.24) is 0 Å². The van der Waals surface area contributed by atoms with Crippen LogP contribution in [0.2, 0.25) is 0 Å². The molecule has 7 heteroatoms. The second-order valence-electron chi connectivity index (χ2n) is 6.71. The van der Waals surface area contributed by atoms with Crippen LogP contribution in [0.1, 0.15) is 43.7 Å². The predicted octanol–water partition coefficient (Wildman–Crippen LogP) is 7.19. The van der Waals surface area contributed by atoms with Crippen LogP contribution in [0.3, 0.4) is 0 Å². The number of hydrogen-bond donors (Lipinski definition) is 0. The van der Waals surface area contributed by atoms with E-state index in [1.165, 1.54) is 6.07 Å². The summed E-state index contributed by atoms with van der Waals surface area (Å²) < 4.78 is 83.9. The van der Waals surface area contributed by atoms with Crippen LogP contribution >= 0.6 is 0 Å². The number of alkyl halides is 3. The Labute approximate surface area is 158 Å². The van der Waals surface area contributed by atoms with Crippen molar-refractivity contribution >= 4 is 6.08 Å². The first kappa shape index (κ1) is 20.3. The molecule has 0 fully saturated rings. The second kappa shape index (κ2) is 7.89. The molecule has 1 nitrogen and oxygen atoms in total. The zero-order chi connectivity index (χ0) is 20.5. The van der Waals surface area contributed by atoms with Crippen LogP contribution in [0.5, 0.6) is 5.75 Å². The van der Waals surface area contributed by atoms with Crippen molar-refractivity contribution in [3.8, 4) is 16.9 Å². The molecule has 1 aliphatic rings. The molecule has 0 saturated carbocycles. The molecule has 0 amide bonds. The normalized spacial score (nSPS) is 13.9. The van der Waals surface area contributed by atoms with Gasteiger partial charge in [0, 0.05) is 0 Å². The highest BCUT2D eigenvalue weighted by atomic mass is 19.4. The van der Waals surface area contributed by atoms with Gasteiger partial charge >= 0.3 is 6.36 Å². The maximum absolute atomic E-state index is 15.0. The SMILES string of the molecule is CCCCC1=Cc2cc(F)c(-c3ccc(OC(F)(F)F)c(F)c3)c(F)c2CC1. The minimum absolute atomic E-state index is 0.189. The van der Waals surface area contributed by atoms with Gasteiger partial charge in [-0.1, -0.05) is 31.1 Å². The summed E-state index contributed by atoms with van der Waals surface area (Å²) in [7, 11) is 0. The highest BCUT2D eigenvalue weighted by molar-refractivity contribution is 5.71. The van der Waals surface area contributed by atoms with E-state index in [9.17, 15) is 26.3 Å². The summed E-state index contributed by atoms with van der Waals surface area (Å²) in [5.41, 5.74) is 1.26. The van der Waals surface area contributed by atoms with E-state index >= 15 is 0 Å². The van der Waals surface area contributed by atoms with Crippen molar-refractivity contribution < 1.29 is 31.1 Å². The molecule has 0 radical (unpaired) electrons. The molecule has 0 atom stereocenters. The Kier molecular flexibility index (Phi) is 5.72. The van der Waals surface area contributed by atoms with Crippen LogP contribution in [-0.2, 0) is 6.42 Å². The molecule has 0 unspecified atom stereocenters. The van der Waals surface area contributed by atoms with Gasteiger partial charge in [-0.05, 0) is 60.6 Å². The molecule has 0 saturated heterocycles. The van der Waals surface area contributed by atoms with Crippen molar-refractivity contribution in [3.05, 3.63) is 58.4 Å². The molecular weight excluding hydrogens is 382 g/mol. The van der Waals surface area contributed by atoms with E-state index in [0.29, 0.717) is 36.1 Å². The van der Waals surface area contributed by atoms with Crippen LogP contribution in [-0.4, -0.2) is 6.36 Å². The molecule has 3 rings (SSSR count). The Hall–Kier alpha value is -2.44. The van der Waals surface area contributed by atoms with Gasteiger partial charge in [0.05, 0.1) is 5.56 Å². The quantitative estimate of drug-likeness (QED) is 0.483. The number of rotatable bonds is 5. The smallest absolute Gasteiger partial charge is 0.403 e. The van der Waals surface area contributed by atoms with Gasteiger partial charge in [-0.2, -0.15) is 0 Å². The molecule has 2 aromatic carbocycles. The summed E-state index contributed by atoms with van der Waals surface area (Å²) in [4.78, 5) is 0. The largest absolute Gasteiger partial charge is 0.573 e. The molecule has 0 spiro atoms. The van der Waals surface area contributed by atoms with E-state index in [1.54, 1.807) is 6.08 Å². The van der Waals surface area contributed by atoms with Crippen molar-refractivity contribution in [3.63, 3.8) is 0 Å². The van der Waals surface area contributed by atoms with Crippen molar-refractivity contribution in [2.75, 3.05) is 0 Å². The van der Waals surface area contributed by atoms with Crippen molar-refractivity contribution in [2.45, 2.75) is 45.4 Å². The summed E-state index contributed by atoms with van der Waals surface area (Å²) in [5, 5.41) is 0. The maximum Gasteiger partial charge on any atom is 0.573 e. The summed E-state index contributed by atoms with van der Waals surface area (Å²) in [6, 6.07) is 3.54. The lowest BCUT2D eigenvalue weighted by Gasteiger charge is -2.20. The number of fused-ring (bicyclic) bond motifs is 1. The highest BCUT2D eigenvalue weighted by Gasteiger charge is 2.32. The van der Waals surface area contributed by atoms with Gasteiger partial charge in [0.15, 0.2) is 11.6 Å². The van der Waals surface area contributed by atoms with E-state index in [4.69, 9.17) is 0 Å². The van der Waals surface area contributed by atoms with E-state index in [1.807, 2.05) is 0 Å². The number of ether oxygens (including phenoxy) is 1. The zero-order valence-corrected chi connectivity index (χ0v) is 15.1. The topological polar surface area (TPSA) is 9.23 Å². The number of halogens is 6. The molecular formula is C21H18F6O. The molecule has 0 bridgehead atoms. The average molecular weight is 400 g/mol. The molecule has 0 N–H and O–H groups in total. The van der Waals surface area contributed by atoms with Crippen LogP contribution in [0.25, 0.3) is 17.2 Å². The van der Waals surface area contributed by atoms with Gasteiger partial charge in [0.2, 0.25) is 0 Å². The van der Waals surface area contributed by atoms with E-state index in [0.717, 1.165) is 30.9 Å².